The minimum absolute atomic E-state index is 0.0648. The predicted molar refractivity (Wildman–Crippen MR) is 77.5 cm³/mol. The SMILES string of the molecule is COc1ccc(C(=O)NC2CCNC(C)C2)cc1OC. The van der Waals surface area contributed by atoms with Crippen LogP contribution >= 0.6 is 0 Å². The number of ether oxygens (including phenoxy) is 2. The summed E-state index contributed by atoms with van der Waals surface area (Å²) in [5.74, 6) is 1.13. The maximum atomic E-state index is 12.3. The maximum absolute atomic E-state index is 12.3. The number of amides is 1. The molecule has 0 spiro atoms. The van der Waals surface area contributed by atoms with Crippen molar-refractivity contribution < 1.29 is 14.3 Å². The van der Waals surface area contributed by atoms with Gasteiger partial charge in [-0.15, -0.1) is 0 Å². The fraction of sp³-hybridized carbons (Fsp3) is 0.533. The van der Waals surface area contributed by atoms with Gasteiger partial charge in [-0.1, -0.05) is 0 Å². The molecule has 1 fully saturated rings. The van der Waals surface area contributed by atoms with E-state index in [0.717, 1.165) is 19.4 Å². The number of piperidine rings is 1. The van der Waals surface area contributed by atoms with Gasteiger partial charge in [-0.2, -0.15) is 0 Å². The molecule has 2 rings (SSSR count). The van der Waals surface area contributed by atoms with E-state index < -0.39 is 0 Å². The van der Waals surface area contributed by atoms with Crippen molar-refractivity contribution in [3.63, 3.8) is 0 Å². The van der Waals surface area contributed by atoms with Gasteiger partial charge < -0.3 is 20.1 Å². The molecule has 0 saturated carbocycles. The summed E-state index contributed by atoms with van der Waals surface area (Å²) in [6, 6.07) is 5.88. The Morgan fingerprint density at radius 1 is 1.30 bits per heavy atom. The molecule has 1 aromatic rings. The van der Waals surface area contributed by atoms with E-state index in [1.54, 1.807) is 32.4 Å². The van der Waals surface area contributed by atoms with Gasteiger partial charge in [-0.3, -0.25) is 4.79 Å². The third-order valence-electron chi connectivity index (χ3n) is 3.60. The second kappa shape index (κ2) is 6.61. The highest BCUT2D eigenvalue weighted by Gasteiger charge is 2.21. The second-order valence-electron chi connectivity index (χ2n) is 5.12. The standard InChI is InChI=1S/C15H22N2O3/c1-10-8-12(6-7-16-10)17-15(18)11-4-5-13(19-2)14(9-11)20-3/h4-5,9-10,12,16H,6-8H2,1-3H3,(H,17,18). The summed E-state index contributed by atoms with van der Waals surface area (Å²) in [5, 5.41) is 6.45. The first-order valence-electron chi connectivity index (χ1n) is 6.90. The average Bonchev–Trinajstić information content (AvgIpc) is 2.46. The van der Waals surface area contributed by atoms with Gasteiger partial charge in [0.2, 0.25) is 0 Å². The van der Waals surface area contributed by atoms with Crippen molar-refractivity contribution in [3.8, 4) is 11.5 Å². The normalized spacial score (nSPS) is 22.1. The van der Waals surface area contributed by atoms with E-state index in [-0.39, 0.29) is 11.9 Å². The first-order valence-corrected chi connectivity index (χ1v) is 6.90. The van der Waals surface area contributed by atoms with E-state index in [2.05, 4.69) is 17.6 Å². The zero-order valence-electron chi connectivity index (χ0n) is 12.2. The lowest BCUT2D eigenvalue weighted by molar-refractivity contribution is 0.0925. The smallest absolute Gasteiger partial charge is 0.251 e. The lowest BCUT2D eigenvalue weighted by atomic mass is 10.0. The highest BCUT2D eigenvalue weighted by Crippen LogP contribution is 2.27. The van der Waals surface area contributed by atoms with Crippen LogP contribution < -0.4 is 20.1 Å². The maximum Gasteiger partial charge on any atom is 0.251 e. The molecule has 110 valence electrons. The molecule has 2 atom stereocenters. The van der Waals surface area contributed by atoms with Crippen molar-refractivity contribution in [1.82, 2.24) is 10.6 Å². The summed E-state index contributed by atoms with van der Waals surface area (Å²) in [6.45, 7) is 3.08. The molecule has 1 aliphatic rings. The number of carbonyl (C=O) groups is 1. The van der Waals surface area contributed by atoms with E-state index in [4.69, 9.17) is 9.47 Å². The molecule has 1 saturated heterocycles. The summed E-state index contributed by atoms with van der Waals surface area (Å²) in [6.07, 6.45) is 1.92. The molecule has 0 radical (unpaired) electrons. The third-order valence-corrected chi connectivity index (χ3v) is 3.60. The Hall–Kier alpha value is -1.75. The van der Waals surface area contributed by atoms with Gasteiger partial charge in [0.1, 0.15) is 0 Å². The molecule has 0 bridgehead atoms. The predicted octanol–water partition coefficient (Wildman–Crippen LogP) is 1.57. The molecule has 0 aliphatic carbocycles. The van der Waals surface area contributed by atoms with Crippen LogP contribution in [0.1, 0.15) is 30.1 Å². The zero-order valence-corrected chi connectivity index (χ0v) is 12.2. The van der Waals surface area contributed by atoms with Crippen LogP contribution in [0.4, 0.5) is 0 Å². The Balaban J connectivity index is 2.05. The van der Waals surface area contributed by atoms with Crippen LogP contribution in [-0.4, -0.2) is 38.8 Å². The van der Waals surface area contributed by atoms with Crippen LogP contribution in [0.3, 0.4) is 0 Å². The Kier molecular flexibility index (Phi) is 4.84. The van der Waals surface area contributed by atoms with Gasteiger partial charge in [0.15, 0.2) is 11.5 Å². The number of rotatable bonds is 4. The number of hydrogen-bond donors (Lipinski definition) is 2. The monoisotopic (exact) mass is 278 g/mol. The number of methoxy groups -OCH3 is 2. The highest BCUT2D eigenvalue weighted by atomic mass is 16.5. The first kappa shape index (κ1) is 14.7. The summed E-state index contributed by atoms with van der Waals surface area (Å²) < 4.78 is 10.4. The van der Waals surface area contributed by atoms with Crippen LogP contribution in [-0.2, 0) is 0 Å². The molecule has 5 nitrogen and oxygen atoms in total. The van der Waals surface area contributed by atoms with E-state index in [0.29, 0.717) is 23.1 Å². The van der Waals surface area contributed by atoms with Gasteiger partial charge >= 0.3 is 0 Å². The van der Waals surface area contributed by atoms with Crippen molar-refractivity contribution in [3.05, 3.63) is 23.8 Å². The molecule has 1 amide bonds. The highest BCUT2D eigenvalue weighted by molar-refractivity contribution is 5.95. The van der Waals surface area contributed by atoms with Crippen molar-refractivity contribution >= 4 is 5.91 Å². The molecule has 5 heteroatoms. The van der Waals surface area contributed by atoms with E-state index in [9.17, 15) is 4.79 Å². The van der Waals surface area contributed by atoms with E-state index in [1.807, 2.05) is 0 Å². The van der Waals surface area contributed by atoms with Crippen LogP contribution in [0.15, 0.2) is 18.2 Å². The Bertz CT molecular complexity index is 476. The van der Waals surface area contributed by atoms with Gasteiger partial charge in [0.05, 0.1) is 14.2 Å². The lowest BCUT2D eigenvalue weighted by Gasteiger charge is -2.28. The first-order chi connectivity index (χ1) is 9.63. The quantitative estimate of drug-likeness (QED) is 0.878. The van der Waals surface area contributed by atoms with Crippen LogP contribution in [0, 0.1) is 0 Å². The van der Waals surface area contributed by atoms with Crippen LogP contribution in [0.25, 0.3) is 0 Å². The fourth-order valence-electron chi connectivity index (χ4n) is 2.51. The summed E-state index contributed by atoms with van der Waals surface area (Å²) in [5.41, 5.74) is 0.592. The number of carbonyl (C=O) groups excluding carboxylic acids is 1. The van der Waals surface area contributed by atoms with Crippen molar-refractivity contribution in [2.45, 2.75) is 31.8 Å². The molecule has 20 heavy (non-hydrogen) atoms. The molecular formula is C15H22N2O3. The lowest BCUT2D eigenvalue weighted by Crippen LogP contribution is -2.46. The minimum Gasteiger partial charge on any atom is -0.493 e. The van der Waals surface area contributed by atoms with Gasteiger partial charge in [0.25, 0.3) is 5.91 Å². The van der Waals surface area contributed by atoms with Gasteiger partial charge in [-0.05, 0) is 44.5 Å². The number of benzene rings is 1. The molecule has 1 aromatic carbocycles. The third kappa shape index (κ3) is 3.42. The summed E-state index contributed by atoms with van der Waals surface area (Å²) in [4.78, 5) is 12.3. The fourth-order valence-corrected chi connectivity index (χ4v) is 2.51. The van der Waals surface area contributed by atoms with E-state index in [1.165, 1.54) is 0 Å². The average molecular weight is 278 g/mol. The van der Waals surface area contributed by atoms with Gasteiger partial charge in [-0.25, -0.2) is 0 Å². The van der Waals surface area contributed by atoms with Gasteiger partial charge in [0, 0.05) is 17.6 Å². The molecule has 2 unspecified atom stereocenters. The summed E-state index contributed by atoms with van der Waals surface area (Å²) >= 11 is 0. The van der Waals surface area contributed by atoms with Crippen molar-refractivity contribution in [2.24, 2.45) is 0 Å². The second-order valence-corrected chi connectivity index (χ2v) is 5.12. The van der Waals surface area contributed by atoms with Crippen molar-refractivity contribution in [2.75, 3.05) is 20.8 Å². The Morgan fingerprint density at radius 3 is 2.70 bits per heavy atom. The number of nitrogens with one attached hydrogen (secondary N) is 2. The molecule has 1 aliphatic heterocycles. The summed E-state index contributed by atoms with van der Waals surface area (Å²) in [7, 11) is 3.14. The van der Waals surface area contributed by atoms with Crippen LogP contribution in [0.2, 0.25) is 0 Å². The number of hydrogen-bond acceptors (Lipinski definition) is 4. The van der Waals surface area contributed by atoms with E-state index >= 15 is 0 Å². The molecule has 1 heterocycles. The molecule has 2 N–H and O–H groups in total. The Morgan fingerprint density at radius 2 is 2.05 bits per heavy atom. The topological polar surface area (TPSA) is 59.6 Å². The Labute approximate surface area is 119 Å². The molecule has 0 aromatic heterocycles. The largest absolute Gasteiger partial charge is 0.493 e. The van der Waals surface area contributed by atoms with Crippen molar-refractivity contribution in [1.29, 1.82) is 0 Å². The molecular weight excluding hydrogens is 256 g/mol. The van der Waals surface area contributed by atoms with Crippen LogP contribution in [0.5, 0.6) is 11.5 Å². The zero-order chi connectivity index (χ0) is 14.5. The minimum atomic E-state index is -0.0648.